The van der Waals surface area contributed by atoms with Crippen molar-refractivity contribution in [2.45, 2.75) is 20.3 Å². The van der Waals surface area contributed by atoms with Crippen LogP contribution in [0.5, 0.6) is 0 Å². The van der Waals surface area contributed by atoms with Gasteiger partial charge in [-0.3, -0.25) is 14.4 Å². The maximum atomic E-state index is 10.9. The summed E-state index contributed by atoms with van der Waals surface area (Å²) in [6, 6.07) is 0. The van der Waals surface area contributed by atoms with E-state index in [1.54, 1.807) is 6.92 Å². The molecule has 86 valence electrons. The second-order valence-corrected chi connectivity index (χ2v) is 3.46. The summed E-state index contributed by atoms with van der Waals surface area (Å²) in [4.78, 5) is 32.1. The summed E-state index contributed by atoms with van der Waals surface area (Å²) in [5.74, 6) is -1.39. The molecule has 0 aliphatic heterocycles. The van der Waals surface area contributed by atoms with E-state index < -0.39 is 23.5 Å². The summed E-state index contributed by atoms with van der Waals surface area (Å²) in [5, 5.41) is -0.467. The van der Waals surface area contributed by atoms with Gasteiger partial charge in [0, 0.05) is 6.92 Å². The van der Waals surface area contributed by atoms with Gasteiger partial charge in [-0.05, 0) is 6.92 Å². The smallest absolute Gasteiger partial charge is 0.329 e. The lowest BCUT2D eigenvalue weighted by atomic mass is 10.5. The topological polar surface area (TPSA) is 78.9 Å². The molecule has 0 aliphatic rings. The molecule has 0 unspecified atom stereocenters. The zero-order valence-electron chi connectivity index (χ0n) is 8.18. The van der Waals surface area contributed by atoms with E-state index in [4.69, 9.17) is 4.18 Å². The molecule has 0 bridgehead atoms. The third-order valence-electron chi connectivity index (χ3n) is 0.837. The molecule has 0 heterocycles. The highest BCUT2D eigenvalue weighted by Gasteiger charge is 2.13. The lowest BCUT2D eigenvalue weighted by Crippen LogP contribution is -2.06. The molecule has 0 aromatic rings. The van der Waals surface area contributed by atoms with Crippen LogP contribution in [-0.4, -0.2) is 23.7 Å². The summed E-state index contributed by atoms with van der Waals surface area (Å²) in [7, 11) is 0. The van der Waals surface area contributed by atoms with Crippen molar-refractivity contribution >= 4 is 41.4 Å². The van der Waals surface area contributed by atoms with Crippen molar-refractivity contribution < 1.29 is 26.9 Å². The number of hydrogen-bond acceptors (Lipinski definition) is 8. The molecule has 0 N–H and O–H groups in total. The molecule has 0 aliphatic carbocycles. The Kier molecular flexibility index (Phi) is 8.15. The molecule has 0 radical (unpaired) electrons. The predicted octanol–water partition coefficient (Wildman–Crippen LogP) is 1.26. The van der Waals surface area contributed by atoms with Crippen LogP contribution in [-0.2, 0) is 26.9 Å². The standard InChI is InChI=1S/C7H10O6S2/c1-3-11-14-7(10)4-6(9)13-15-12-5(2)8/h3-4H2,1-2H3. The average Bonchev–Trinajstić information content (AvgIpc) is 2.14. The van der Waals surface area contributed by atoms with Crippen molar-refractivity contribution in [2.24, 2.45) is 0 Å². The number of hydrogen-bond donors (Lipinski definition) is 0. The van der Waals surface area contributed by atoms with Crippen molar-refractivity contribution in [1.29, 1.82) is 0 Å². The first-order chi connectivity index (χ1) is 7.06. The van der Waals surface area contributed by atoms with E-state index in [1.807, 2.05) is 0 Å². The van der Waals surface area contributed by atoms with Gasteiger partial charge in [-0.2, -0.15) is 0 Å². The van der Waals surface area contributed by atoms with E-state index in [9.17, 15) is 14.4 Å². The summed E-state index contributed by atoms with van der Waals surface area (Å²) >= 11 is 0.822. The fourth-order valence-electron chi connectivity index (χ4n) is 0.404. The monoisotopic (exact) mass is 254 g/mol. The average molecular weight is 254 g/mol. The molecule has 8 heteroatoms. The SMILES string of the molecule is CCOSC(=O)CC(=O)OSOC(C)=O. The van der Waals surface area contributed by atoms with Gasteiger partial charge in [0.1, 0.15) is 6.42 Å². The van der Waals surface area contributed by atoms with Crippen LogP contribution in [0.1, 0.15) is 20.3 Å². The first kappa shape index (κ1) is 14.3. The number of carbonyl (C=O) groups excluding carboxylic acids is 3. The molecule has 0 atom stereocenters. The minimum atomic E-state index is -0.793. The fraction of sp³-hybridized carbons (Fsp3) is 0.571. The normalized spacial score (nSPS) is 9.47. The Labute approximate surface area is 95.6 Å². The van der Waals surface area contributed by atoms with Crippen molar-refractivity contribution in [1.82, 2.24) is 0 Å². The maximum Gasteiger partial charge on any atom is 0.329 e. The lowest BCUT2D eigenvalue weighted by molar-refractivity contribution is -0.136. The van der Waals surface area contributed by atoms with Crippen LogP contribution in [0.25, 0.3) is 0 Å². The summed E-state index contributed by atoms with van der Waals surface area (Å²) < 4.78 is 13.3. The minimum Gasteiger partial charge on any atom is -0.355 e. The Hall–Kier alpha value is -0.730. The highest BCUT2D eigenvalue weighted by Crippen LogP contribution is 2.11. The first-order valence-corrected chi connectivity index (χ1v) is 5.34. The third-order valence-corrected chi connectivity index (χ3v) is 2.08. The largest absolute Gasteiger partial charge is 0.355 e. The molecule has 0 saturated carbocycles. The summed E-state index contributed by atoms with van der Waals surface area (Å²) in [6.07, 6.45) is -0.432. The molecule has 0 amide bonds. The molecule has 6 nitrogen and oxygen atoms in total. The molecular weight excluding hydrogens is 244 g/mol. The molecule has 0 aromatic carbocycles. The van der Waals surface area contributed by atoms with E-state index in [-0.39, 0.29) is 12.3 Å². The van der Waals surface area contributed by atoms with Gasteiger partial charge < -0.3 is 12.5 Å². The van der Waals surface area contributed by atoms with Gasteiger partial charge in [0.05, 0.1) is 18.6 Å². The van der Waals surface area contributed by atoms with Crippen LogP contribution in [0.3, 0.4) is 0 Å². The molecule has 0 fully saturated rings. The van der Waals surface area contributed by atoms with Gasteiger partial charge in [0.25, 0.3) is 12.3 Å². The lowest BCUT2D eigenvalue weighted by Gasteiger charge is -1.99. The maximum absolute atomic E-state index is 10.9. The van der Waals surface area contributed by atoms with E-state index >= 15 is 0 Å². The van der Waals surface area contributed by atoms with Crippen molar-refractivity contribution in [3.05, 3.63) is 0 Å². The highest BCUT2D eigenvalue weighted by atomic mass is 32.2. The van der Waals surface area contributed by atoms with E-state index in [0.717, 1.165) is 6.92 Å². The Morgan fingerprint density at radius 2 is 1.87 bits per heavy atom. The minimum absolute atomic E-state index is 0.234. The third kappa shape index (κ3) is 9.57. The summed E-state index contributed by atoms with van der Waals surface area (Å²) in [5.41, 5.74) is 0. The number of rotatable bonds is 6. The summed E-state index contributed by atoms with van der Waals surface area (Å²) in [6.45, 7) is 3.25. The molecule has 0 rings (SSSR count). The van der Waals surface area contributed by atoms with E-state index in [2.05, 4.69) is 8.37 Å². The van der Waals surface area contributed by atoms with Crippen LogP contribution in [0, 0.1) is 0 Å². The van der Waals surface area contributed by atoms with Gasteiger partial charge in [-0.25, -0.2) is 0 Å². The Balaban J connectivity index is 3.55. The molecular formula is C7H10O6S2. The van der Waals surface area contributed by atoms with Crippen molar-refractivity contribution in [3.8, 4) is 0 Å². The van der Waals surface area contributed by atoms with Crippen LogP contribution in [0.2, 0.25) is 0 Å². The van der Waals surface area contributed by atoms with Crippen LogP contribution >= 0.6 is 24.4 Å². The van der Waals surface area contributed by atoms with Crippen molar-refractivity contribution in [3.63, 3.8) is 0 Å². The fourth-order valence-corrected chi connectivity index (χ4v) is 1.10. The van der Waals surface area contributed by atoms with Gasteiger partial charge in [-0.15, -0.1) is 0 Å². The van der Waals surface area contributed by atoms with Crippen LogP contribution in [0.4, 0.5) is 0 Å². The van der Waals surface area contributed by atoms with E-state index in [0.29, 0.717) is 18.6 Å². The Morgan fingerprint density at radius 1 is 1.20 bits per heavy atom. The molecule has 0 saturated heterocycles. The van der Waals surface area contributed by atoms with Crippen molar-refractivity contribution in [2.75, 3.05) is 6.61 Å². The molecule has 0 aromatic heterocycles. The Bertz CT molecular complexity index is 242. The van der Waals surface area contributed by atoms with Crippen LogP contribution < -0.4 is 0 Å². The predicted molar refractivity (Wildman–Crippen MR) is 54.3 cm³/mol. The second-order valence-electron chi connectivity index (χ2n) is 2.14. The zero-order valence-corrected chi connectivity index (χ0v) is 9.81. The van der Waals surface area contributed by atoms with Gasteiger partial charge >= 0.3 is 11.9 Å². The van der Waals surface area contributed by atoms with Crippen LogP contribution in [0.15, 0.2) is 0 Å². The van der Waals surface area contributed by atoms with Gasteiger partial charge in [0.15, 0.2) is 0 Å². The quantitative estimate of drug-likeness (QED) is 0.517. The van der Waals surface area contributed by atoms with Gasteiger partial charge in [-0.1, -0.05) is 0 Å². The van der Waals surface area contributed by atoms with Gasteiger partial charge in [0.2, 0.25) is 5.12 Å². The first-order valence-electron chi connectivity index (χ1n) is 3.93. The number of carbonyl (C=O) groups is 3. The van der Waals surface area contributed by atoms with E-state index in [1.165, 1.54) is 0 Å². The molecule has 15 heavy (non-hydrogen) atoms. The highest BCUT2D eigenvalue weighted by molar-refractivity contribution is 8.09. The molecule has 0 spiro atoms. The zero-order chi connectivity index (χ0) is 11.7. The Morgan fingerprint density at radius 3 is 2.40 bits per heavy atom. The second kappa shape index (κ2) is 8.57.